The summed E-state index contributed by atoms with van der Waals surface area (Å²) in [6.07, 6.45) is 1.56. The van der Waals surface area contributed by atoms with Gasteiger partial charge in [-0.1, -0.05) is 0 Å². The molecule has 2 aromatic rings. The lowest BCUT2D eigenvalue weighted by Gasteiger charge is -2.03. The Balaban J connectivity index is 2.20. The Hall–Kier alpha value is -2.50. The molecule has 0 aliphatic heterocycles. The first-order valence-electron chi connectivity index (χ1n) is 5.31. The summed E-state index contributed by atoms with van der Waals surface area (Å²) in [4.78, 5) is 14.8. The zero-order valence-corrected chi connectivity index (χ0v) is 10.0. The molecule has 0 radical (unpaired) electrons. The van der Waals surface area contributed by atoms with E-state index >= 15 is 0 Å². The molecular weight excluding hydrogens is 232 g/mol. The van der Waals surface area contributed by atoms with Crippen LogP contribution < -0.4 is 10.1 Å². The summed E-state index contributed by atoms with van der Waals surface area (Å²) >= 11 is 0. The normalized spacial score (nSPS) is 9.89. The molecule has 1 amide bonds. The van der Waals surface area contributed by atoms with Gasteiger partial charge in [0.2, 0.25) is 11.9 Å². The van der Waals surface area contributed by atoms with Gasteiger partial charge in [-0.25, -0.2) is 4.98 Å². The van der Waals surface area contributed by atoms with Gasteiger partial charge in [0.25, 0.3) is 0 Å². The quantitative estimate of drug-likeness (QED) is 0.885. The van der Waals surface area contributed by atoms with E-state index in [2.05, 4.69) is 20.5 Å². The summed E-state index contributed by atoms with van der Waals surface area (Å²) in [7, 11) is 1.61. The average molecular weight is 244 g/mol. The number of methoxy groups -OCH3 is 1. The molecule has 1 N–H and O–H groups in total. The predicted molar refractivity (Wildman–Crippen MR) is 66.1 cm³/mol. The molecule has 0 saturated carbocycles. The van der Waals surface area contributed by atoms with E-state index in [9.17, 15) is 4.79 Å². The minimum absolute atomic E-state index is 0.194. The number of ether oxygens (including phenoxy) is 1. The van der Waals surface area contributed by atoms with Crippen molar-refractivity contribution in [3.05, 3.63) is 30.5 Å². The van der Waals surface area contributed by atoms with E-state index in [1.165, 1.54) is 6.92 Å². The zero-order valence-electron chi connectivity index (χ0n) is 10.0. The minimum Gasteiger partial charge on any atom is -0.497 e. The maximum Gasteiger partial charge on any atom is 0.249 e. The predicted octanol–water partition coefficient (Wildman–Crippen LogP) is 1.51. The molecule has 0 saturated heterocycles. The van der Waals surface area contributed by atoms with Crippen LogP contribution in [0.1, 0.15) is 6.92 Å². The minimum atomic E-state index is -0.228. The first-order valence-corrected chi connectivity index (χ1v) is 5.31. The Morgan fingerprint density at radius 2 is 1.94 bits per heavy atom. The lowest BCUT2D eigenvalue weighted by molar-refractivity contribution is -0.114. The molecule has 0 aliphatic carbocycles. The maximum atomic E-state index is 10.8. The standard InChI is InChI=1S/C12H12N4O2/c1-8(17)14-12-13-7-11(15-16-12)9-3-5-10(18-2)6-4-9/h3-7H,1-2H3,(H,13,14,16,17). The maximum absolute atomic E-state index is 10.8. The topological polar surface area (TPSA) is 77.0 Å². The van der Waals surface area contributed by atoms with E-state index in [4.69, 9.17) is 4.74 Å². The number of hydrogen-bond donors (Lipinski definition) is 1. The smallest absolute Gasteiger partial charge is 0.249 e. The SMILES string of the molecule is COc1ccc(-c2cnc(NC(C)=O)nn2)cc1. The second kappa shape index (κ2) is 5.22. The summed E-state index contributed by atoms with van der Waals surface area (Å²) in [5.41, 5.74) is 1.51. The van der Waals surface area contributed by atoms with Crippen LogP contribution in [0.25, 0.3) is 11.3 Å². The van der Waals surface area contributed by atoms with Crippen LogP contribution in [0.5, 0.6) is 5.75 Å². The number of aromatic nitrogens is 3. The molecular formula is C12H12N4O2. The summed E-state index contributed by atoms with van der Waals surface area (Å²) in [5, 5.41) is 10.3. The Labute approximate surface area is 104 Å². The number of hydrogen-bond acceptors (Lipinski definition) is 5. The van der Waals surface area contributed by atoms with Crippen LogP contribution in [0.2, 0.25) is 0 Å². The van der Waals surface area contributed by atoms with Gasteiger partial charge >= 0.3 is 0 Å². The number of benzene rings is 1. The molecule has 18 heavy (non-hydrogen) atoms. The first kappa shape index (κ1) is 12.0. The number of nitrogens with zero attached hydrogens (tertiary/aromatic N) is 3. The molecule has 1 aromatic heterocycles. The Kier molecular flexibility index (Phi) is 3.47. The largest absolute Gasteiger partial charge is 0.497 e. The molecule has 0 aliphatic rings. The lowest BCUT2D eigenvalue weighted by atomic mass is 10.1. The Bertz CT molecular complexity index is 537. The third-order valence-electron chi connectivity index (χ3n) is 2.24. The highest BCUT2D eigenvalue weighted by atomic mass is 16.5. The van der Waals surface area contributed by atoms with Gasteiger partial charge in [0.05, 0.1) is 13.3 Å². The highest BCUT2D eigenvalue weighted by molar-refractivity contribution is 5.86. The van der Waals surface area contributed by atoms with E-state index in [1.807, 2.05) is 24.3 Å². The van der Waals surface area contributed by atoms with Crippen molar-refractivity contribution in [3.63, 3.8) is 0 Å². The van der Waals surface area contributed by atoms with Crippen LogP contribution >= 0.6 is 0 Å². The Morgan fingerprint density at radius 3 is 2.44 bits per heavy atom. The molecule has 0 fully saturated rings. The number of rotatable bonds is 3. The van der Waals surface area contributed by atoms with Gasteiger partial charge in [-0.05, 0) is 24.3 Å². The summed E-state index contributed by atoms with van der Waals surface area (Å²) in [6, 6.07) is 7.39. The van der Waals surface area contributed by atoms with Crippen LogP contribution in [0.4, 0.5) is 5.95 Å². The molecule has 92 valence electrons. The molecule has 6 nitrogen and oxygen atoms in total. The van der Waals surface area contributed by atoms with Crippen LogP contribution in [0.3, 0.4) is 0 Å². The number of amides is 1. The van der Waals surface area contributed by atoms with Crippen molar-refractivity contribution >= 4 is 11.9 Å². The second-order valence-electron chi connectivity index (χ2n) is 3.58. The third-order valence-corrected chi connectivity index (χ3v) is 2.24. The molecule has 1 heterocycles. The number of anilines is 1. The molecule has 0 atom stereocenters. The number of nitrogens with one attached hydrogen (secondary N) is 1. The van der Waals surface area contributed by atoms with Crippen molar-refractivity contribution in [2.45, 2.75) is 6.92 Å². The Morgan fingerprint density at radius 1 is 1.22 bits per heavy atom. The van der Waals surface area contributed by atoms with Gasteiger partial charge in [0.1, 0.15) is 11.4 Å². The van der Waals surface area contributed by atoms with Crippen molar-refractivity contribution in [1.82, 2.24) is 15.2 Å². The average Bonchev–Trinajstić information content (AvgIpc) is 2.39. The monoisotopic (exact) mass is 244 g/mol. The second-order valence-corrected chi connectivity index (χ2v) is 3.58. The fourth-order valence-corrected chi connectivity index (χ4v) is 1.38. The van der Waals surface area contributed by atoms with Gasteiger partial charge < -0.3 is 4.74 Å². The van der Waals surface area contributed by atoms with Gasteiger partial charge in [-0.15, -0.1) is 10.2 Å². The van der Waals surface area contributed by atoms with E-state index in [0.717, 1.165) is 11.3 Å². The number of carbonyl (C=O) groups is 1. The van der Waals surface area contributed by atoms with Crippen molar-refractivity contribution in [1.29, 1.82) is 0 Å². The summed E-state index contributed by atoms with van der Waals surface area (Å²) in [5.74, 6) is 0.739. The van der Waals surface area contributed by atoms with Crippen LogP contribution in [-0.4, -0.2) is 28.2 Å². The van der Waals surface area contributed by atoms with Gasteiger partial charge in [-0.2, -0.15) is 0 Å². The van der Waals surface area contributed by atoms with Gasteiger partial charge in [0.15, 0.2) is 0 Å². The fourth-order valence-electron chi connectivity index (χ4n) is 1.38. The van der Waals surface area contributed by atoms with Crippen molar-refractivity contribution in [2.24, 2.45) is 0 Å². The number of carbonyl (C=O) groups excluding carboxylic acids is 1. The molecule has 0 unspecified atom stereocenters. The third kappa shape index (κ3) is 2.79. The molecule has 6 heteroatoms. The fraction of sp³-hybridized carbons (Fsp3) is 0.167. The highest BCUT2D eigenvalue weighted by Gasteiger charge is 2.03. The zero-order chi connectivity index (χ0) is 13.0. The molecule has 1 aromatic carbocycles. The van der Waals surface area contributed by atoms with Gasteiger partial charge in [0, 0.05) is 12.5 Å². The van der Waals surface area contributed by atoms with Crippen LogP contribution in [0, 0.1) is 0 Å². The van der Waals surface area contributed by atoms with E-state index < -0.39 is 0 Å². The highest BCUT2D eigenvalue weighted by Crippen LogP contribution is 2.19. The lowest BCUT2D eigenvalue weighted by Crippen LogP contribution is -2.10. The first-order chi connectivity index (χ1) is 8.69. The van der Waals surface area contributed by atoms with Gasteiger partial charge in [-0.3, -0.25) is 10.1 Å². The summed E-state index contributed by atoms with van der Waals surface area (Å²) in [6.45, 7) is 1.39. The molecule has 2 rings (SSSR count). The molecule has 0 bridgehead atoms. The van der Waals surface area contributed by atoms with Crippen LogP contribution in [-0.2, 0) is 4.79 Å². The van der Waals surface area contributed by atoms with Crippen molar-refractivity contribution in [3.8, 4) is 17.0 Å². The van der Waals surface area contributed by atoms with Crippen molar-refractivity contribution < 1.29 is 9.53 Å². The van der Waals surface area contributed by atoms with Crippen LogP contribution in [0.15, 0.2) is 30.5 Å². The van der Waals surface area contributed by atoms with E-state index in [-0.39, 0.29) is 11.9 Å². The van der Waals surface area contributed by atoms with E-state index in [0.29, 0.717) is 5.69 Å². The molecule has 0 spiro atoms. The van der Waals surface area contributed by atoms with E-state index in [1.54, 1.807) is 13.3 Å². The van der Waals surface area contributed by atoms with Crippen molar-refractivity contribution in [2.75, 3.05) is 12.4 Å². The summed E-state index contributed by atoms with van der Waals surface area (Å²) < 4.78 is 5.07.